The summed E-state index contributed by atoms with van der Waals surface area (Å²) in [6.07, 6.45) is 3.94. The van der Waals surface area contributed by atoms with E-state index in [1.807, 2.05) is 6.08 Å². The third-order valence-electron chi connectivity index (χ3n) is 2.98. The first-order chi connectivity index (χ1) is 7.66. The van der Waals surface area contributed by atoms with E-state index < -0.39 is 5.97 Å². The zero-order valence-corrected chi connectivity index (χ0v) is 8.82. The second-order valence-electron chi connectivity index (χ2n) is 4.05. The van der Waals surface area contributed by atoms with Gasteiger partial charge in [0.25, 0.3) is 0 Å². The van der Waals surface area contributed by atoms with Crippen LogP contribution in [0.25, 0.3) is 5.57 Å². The molecule has 84 valence electrons. The van der Waals surface area contributed by atoms with Gasteiger partial charge in [0.15, 0.2) is 0 Å². The first kappa shape index (κ1) is 10.9. The number of halogens is 1. The molecule has 0 fully saturated rings. The molecule has 1 atom stereocenters. The van der Waals surface area contributed by atoms with Crippen LogP contribution in [0.5, 0.6) is 0 Å². The van der Waals surface area contributed by atoms with Gasteiger partial charge in [0.05, 0.1) is 5.92 Å². The molecule has 3 heteroatoms. The number of carbonyl (C=O) groups is 1. The Morgan fingerprint density at radius 3 is 2.50 bits per heavy atom. The highest BCUT2D eigenvalue weighted by Crippen LogP contribution is 2.30. The van der Waals surface area contributed by atoms with E-state index in [1.54, 1.807) is 12.1 Å². The summed E-state index contributed by atoms with van der Waals surface area (Å²) >= 11 is 0. The molecule has 1 aliphatic rings. The fourth-order valence-corrected chi connectivity index (χ4v) is 1.98. The molecule has 1 N–H and O–H groups in total. The smallest absolute Gasteiger partial charge is 0.306 e. The average Bonchev–Trinajstić information content (AvgIpc) is 2.30. The molecule has 0 unspecified atom stereocenters. The second-order valence-corrected chi connectivity index (χ2v) is 4.05. The second kappa shape index (κ2) is 4.47. The Hall–Kier alpha value is -1.64. The largest absolute Gasteiger partial charge is 0.481 e. The third kappa shape index (κ3) is 2.30. The summed E-state index contributed by atoms with van der Waals surface area (Å²) in [5.74, 6) is -1.23. The number of benzene rings is 1. The number of carboxylic acid groups (broad SMARTS) is 1. The van der Waals surface area contributed by atoms with Gasteiger partial charge < -0.3 is 5.11 Å². The maximum absolute atomic E-state index is 12.7. The molecule has 2 rings (SSSR count). The molecule has 0 spiro atoms. The van der Waals surface area contributed by atoms with E-state index in [2.05, 4.69) is 0 Å². The molecule has 1 aliphatic carbocycles. The molecular formula is C13H13FO2. The van der Waals surface area contributed by atoms with Gasteiger partial charge in [0.2, 0.25) is 0 Å². The predicted octanol–water partition coefficient (Wildman–Crippen LogP) is 3.09. The molecule has 1 aromatic rings. The van der Waals surface area contributed by atoms with Gasteiger partial charge in [-0.05, 0) is 42.5 Å². The summed E-state index contributed by atoms with van der Waals surface area (Å²) in [6.45, 7) is 0. The molecule has 16 heavy (non-hydrogen) atoms. The number of allylic oxidation sites excluding steroid dienone is 2. The molecule has 0 saturated carbocycles. The quantitative estimate of drug-likeness (QED) is 0.831. The zero-order valence-electron chi connectivity index (χ0n) is 8.82. The molecule has 0 bridgehead atoms. The highest BCUT2D eigenvalue weighted by molar-refractivity contribution is 5.74. The Kier molecular flexibility index (Phi) is 3.04. The van der Waals surface area contributed by atoms with Gasteiger partial charge >= 0.3 is 5.97 Å². The van der Waals surface area contributed by atoms with Crippen LogP contribution in [0, 0.1) is 11.7 Å². The van der Waals surface area contributed by atoms with Crippen molar-refractivity contribution in [2.24, 2.45) is 5.92 Å². The van der Waals surface area contributed by atoms with Crippen LogP contribution in [-0.4, -0.2) is 11.1 Å². The normalized spacial score (nSPS) is 20.3. The van der Waals surface area contributed by atoms with Crippen molar-refractivity contribution in [1.29, 1.82) is 0 Å². The molecule has 1 aromatic carbocycles. The lowest BCUT2D eigenvalue weighted by atomic mass is 9.87. The van der Waals surface area contributed by atoms with E-state index in [0.717, 1.165) is 17.6 Å². The minimum atomic E-state index is -0.727. The summed E-state index contributed by atoms with van der Waals surface area (Å²) < 4.78 is 12.7. The van der Waals surface area contributed by atoms with Gasteiger partial charge in [-0.3, -0.25) is 4.79 Å². The van der Waals surface area contributed by atoms with E-state index in [-0.39, 0.29) is 11.7 Å². The summed E-state index contributed by atoms with van der Waals surface area (Å²) in [5, 5.41) is 8.85. The van der Waals surface area contributed by atoms with Crippen molar-refractivity contribution >= 4 is 11.5 Å². The fraction of sp³-hybridized carbons (Fsp3) is 0.308. The van der Waals surface area contributed by atoms with Crippen LogP contribution in [0.3, 0.4) is 0 Å². The van der Waals surface area contributed by atoms with E-state index in [4.69, 9.17) is 5.11 Å². The van der Waals surface area contributed by atoms with E-state index in [1.165, 1.54) is 12.1 Å². The SMILES string of the molecule is O=C(O)[C@@H]1CC=C(c2ccc(F)cc2)CC1. The van der Waals surface area contributed by atoms with E-state index in [0.29, 0.717) is 12.8 Å². The molecular weight excluding hydrogens is 207 g/mol. The van der Waals surface area contributed by atoms with Crippen LogP contribution in [0.1, 0.15) is 24.8 Å². The minimum Gasteiger partial charge on any atom is -0.481 e. The maximum atomic E-state index is 12.7. The Morgan fingerprint density at radius 2 is 2.00 bits per heavy atom. The van der Waals surface area contributed by atoms with Gasteiger partial charge in [-0.25, -0.2) is 4.39 Å². The van der Waals surface area contributed by atoms with Crippen molar-refractivity contribution in [2.75, 3.05) is 0 Å². The summed E-state index contributed by atoms with van der Waals surface area (Å²) in [4.78, 5) is 10.8. The van der Waals surface area contributed by atoms with Crippen molar-refractivity contribution in [3.63, 3.8) is 0 Å². The molecule has 0 amide bonds. The Balaban J connectivity index is 2.13. The standard InChI is InChI=1S/C13H13FO2/c14-12-7-5-10(6-8-12)9-1-3-11(4-2-9)13(15)16/h1,5-8,11H,2-4H2,(H,15,16)/t11-/m1/s1. The van der Waals surface area contributed by atoms with Gasteiger partial charge in [0, 0.05) is 0 Å². The summed E-state index contributed by atoms with van der Waals surface area (Å²) in [6, 6.07) is 6.34. The maximum Gasteiger partial charge on any atom is 0.306 e. The number of hydrogen-bond acceptors (Lipinski definition) is 1. The lowest BCUT2D eigenvalue weighted by Gasteiger charge is -2.18. The van der Waals surface area contributed by atoms with Crippen molar-refractivity contribution in [2.45, 2.75) is 19.3 Å². The van der Waals surface area contributed by atoms with Crippen molar-refractivity contribution in [3.8, 4) is 0 Å². The van der Waals surface area contributed by atoms with Crippen LogP contribution in [0.2, 0.25) is 0 Å². The first-order valence-electron chi connectivity index (χ1n) is 5.34. The third-order valence-corrected chi connectivity index (χ3v) is 2.98. The van der Waals surface area contributed by atoms with Crippen LogP contribution < -0.4 is 0 Å². The minimum absolute atomic E-state index is 0.247. The Morgan fingerprint density at radius 1 is 1.31 bits per heavy atom. The van der Waals surface area contributed by atoms with E-state index >= 15 is 0 Å². The van der Waals surface area contributed by atoms with Gasteiger partial charge in [-0.15, -0.1) is 0 Å². The summed E-state index contributed by atoms with van der Waals surface area (Å²) in [5.41, 5.74) is 2.11. The lowest BCUT2D eigenvalue weighted by Crippen LogP contribution is -2.15. The topological polar surface area (TPSA) is 37.3 Å². The Bertz CT molecular complexity index is 420. The number of rotatable bonds is 2. The van der Waals surface area contributed by atoms with Gasteiger partial charge in [0.1, 0.15) is 5.82 Å². The molecule has 0 aromatic heterocycles. The van der Waals surface area contributed by atoms with Gasteiger partial charge in [-0.2, -0.15) is 0 Å². The molecule has 0 saturated heterocycles. The van der Waals surface area contributed by atoms with Crippen molar-refractivity contribution < 1.29 is 14.3 Å². The highest BCUT2D eigenvalue weighted by atomic mass is 19.1. The monoisotopic (exact) mass is 220 g/mol. The average molecular weight is 220 g/mol. The molecule has 0 aliphatic heterocycles. The number of hydrogen-bond donors (Lipinski definition) is 1. The van der Waals surface area contributed by atoms with E-state index in [9.17, 15) is 9.18 Å². The molecule has 0 radical (unpaired) electrons. The summed E-state index contributed by atoms with van der Waals surface area (Å²) in [7, 11) is 0. The van der Waals surface area contributed by atoms with Crippen molar-refractivity contribution in [3.05, 3.63) is 41.7 Å². The van der Waals surface area contributed by atoms with Crippen molar-refractivity contribution in [1.82, 2.24) is 0 Å². The molecule has 2 nitrogen and oxygen atoms in total. The fourth-order valence-electron chi connectivity index (χ4n) is 1.98. The predicted molar refractivity (Wildman–Crippen MR) is 59.4 cm³/mol. The van der Waals surface area contributed by atoms with Crippen LogP contribution in [0.15, 0.2) is 30.3 Å². The lowest BCUT2D eigenvalue weighted by molar-refractivity contribution is -0.141. The zero-order chi connectivity index (χ0) is 11.5. The van der Waals surface area contributed by atoms with Crippen LogP contribution in [-0.2, 0) is 4.79 Å². The highest BCUT2D eigenvalue weighted by Gasteiger charge is 2.20. The number of aliphatic carboxylic acids is 1. The molecule has 0 heterocycles. The Labute approximate surface area is 93.4 Å². The van der Waals surface area contributed by atoms with Crippen LogP contribution >= 0.6 is 0 Å². The number of carboxylic acids is 1. The van der Waals surface area contributed by atoms with Gasteiger partial charge in [-0.1, -0.05) is 18.2 Å². The first-order valence-corrected chi connectivity index (χ1v) is 5.34. The van der Waals surface area contributed by atoms with Crippen LogP contribution in [0.4, 0.5) is 4.39 Å².